The smallest absolute Gasteiger partial charge is 0.249 e. The SMILES string of the molecule is COc1ccc(NC(=O)C(C)n2cncn2)cc1OC. The molecule has 7 nitrogen and oxygen atoms in total. The Morgan fingerprint density at radius 3 is 2.65 bits per heavy atom. The molecule has 0 fully saturated rings. The van der Waals surface area contributed by atoms with Crippen LogP contribution in [0.3, 0.4) is 0 Å². The molecule has 106 valence electrons. The van der Waals surface area contributed by atoms with E-state index in [1.807, 2.05) is 0 Å². The average Bonchev–Trinajstić information content (AvgIpc) is 3.00. The van der Waals surface area contributed by atoms with E-state index < -0.39 is 6.04 Å². The van der Waals surface area contributed by atoms with Crippen LogP contribution in [0.15, 0.2) is 30.9 Å². The molecule has 7 heteroatoms. The summed E-state index contributed by atoms with van der Waals surface area (Å²) in [5, 5.41) is 6.73. The van der Waals surface area contributed by atoms with E-state index in [0.717, 1.165) is 0 Å². The van der Waals surface area contributed by atoms with Crippen LogP contribution in [0.2, 0.25) is 0 Å². The summed E-state index contributed by atoms with van der Waals surface area (Å²) in [5.74, 6) is 0.969. The van der Waals surface area contributed by atoms with Gasteiger partial charge in [-0.05, 0) is 19.1 Å². The van der Waals surface area contributed by atoms with Crippen molar-refractivity contribution in [3.63, 3.8) is 0 Å². The number of amides is 1. The van der Waals surface area contributed by atoms with Crippen LogP contribution in [0, 0.1) is 0 Å². The average molecular weight is 276 g/mol. The van der Waals surface area contributed by atoms with E-state index in [-0.39, 0.29) is 5.91 Å². The lowest BCUT2D eigenvalue weighted by Crippen LogP contribution is -2.24. The largest absolute Gasteiger partial charge is 0.493 e. The van der Waals surface area contributed by atoms with E-state index in [4.69, 9.17) is 9.47 Å². The summed E-state index contributed by atoms with van der Waals surface area (Å²) in [6.45, 7) is 1.74. The minimum atomic E-state index is -0.453. The second-order valence-electron chi connectivity index (χ2n) is 4.11. The minimum absolute atomic E-state index is 0.192. The number of methoxy groups -OCH3 is 2. The summed E-state index contributed by atoms with van der Waals surface area (Å²) >= 11 is 0. The Hall–Kier alpha value is -2.57. The highest BCUT2D eigenvalue weighted by Crippen LogP contribution is 2.29. The van der Waals surface area contributed by atoms with Gasteiger partial charge in [0.1, 0.15) is 18.7 Å². The summed E-state index contributed by atoms with van der Waals surface area (Å²) in [6.07, 6.45) is 2.89. The van der Waals surface area contributed by atoms with Crippen LogP contribution in [-0.2, 0) is 4.79 Å². The van der Waals surface area contributed by atoms with Crippen LogP contribution in [0.5, 0.6) is 11.5 Å². The van der Waals surface area contributed by atoms with Crippen LogP contribution in [0.25, 0.3) is 0 Å². The van der Waals surface area contributed by atoms with Crippen LogP contribution >= 0.6 is 0 Å². The predicted octanol–water partition coefficient (Wildman–Crippen LogP) is 1.49. The van der Waals surface area contributed by atoms with Gasteiger partial charge in [-0.2, -0.15) is 5.10 Å². The van der Waals surface area contributed by atoms with Gasteiger partial charge in [0.2, 0.25) is 5.91 Å². The quantitative estimate of drug-likeness (QED) is 0.895. The third-order valence-electron chi connectivity index (χ3n) is 2.86. The van der Waals surface area contributed by atoms with Gasteiger partial charge in [-0.25, -0.2) is 9.67 Å². The number of hydrogen-bond donors (Lipinski definition) is 1. The van der Waals surface area contributed by atoms with Crippen molar-refractivity contribution in [2.24, 2.45) is 0 Å². The molecule has 1 heterocycles. The van der Waals surface area contributed by atoms with E-state index >= 15 is 0 Å². The molecule has 1 aromatic heterocycles. The third-order valence-corrected chi connectivity index (χ3v) is 2.86. The number of nitrogens with one attached hydrogen (secondary N) is 1. The molecule has 0 saturated heterocycles. The maximum Gasteiger partial charge on any atom is 0.249 e. The fourth-order valence-electron chi connectivity index (χ4n) is 1.70. The number of benzene rings is 1. The topological polar surface area (TPSA) is 78.3 Å². The third kappa shape index (κ3) is 2.87. The molecule has 1 unspecified atom stereocenters. The van der Waals surface area contributed by atoms with E-state index in [9.17, 15) is 4.79 Å². The number of anilines is 1. The summed E-state index contributed by atoms with van der Waals surface area (Å²) in [4.78, 5) is 15.9. The normalized spacial score (nSPS) is 11.8. The van der Waals surface area contributed by atoms with E-state index in [1.54, 1.807) is 39.3 Å². The van der Waals surface area contributed by atoms with Crippen molar-refractivity contribution in [3.8, 4) is 11.5 Å². The molecule has 0 bridgehead atoms. The molecule has 1 N–H and O–H groups in total. The fourth-order valence-corrected chi connectivity index (χ4v) is 1.70. The molecule has 0 aliphatic heterocycles. The van der Waals surface area contributed by atoms with Crippen LogP contribution in [-0.4, -0.2) is 34.9 Å². The molecule has 0 saturated carbocycles. The van der Waals surface area contributed by atoms with Crippen molar-refractivity contribution in [3.05, 3.63) is 30.9 Å². The molecular weight excluding hydrogens is 260 g/mol. The molecule has 0 aliphatic rings. The van der Waals surface area contributed by atoms with Crippen molar-refractivity contribution < 1.29 is 14.3 Å². The molecule has 2 aromatic rings. The first kappa shape index (κ1) is 13.9. The highest BCUT2D eigenvalue weighted by Gasteiger charge is 2.16. The molecule has 1 aromatic carbocycles. The monoisotopic (exact) mass is 276 g/mol. The minimum Gasteiger partial charge on any atom is -0.493 e. The molecule has 20 heavy (non-hydrogen) atoms. The summed E-state index contributed by atoms with van der Waals surface area (Å²) < 4.78 is 11.8. The van der Waals surface area contributed by atoms with Gasteiger partial charge in [0, 0.05) is 11.8 Å². The number of ether oxygens (including phenoxy) is 2. The van der Waals surface area contributed by atoms with Gasteiger partial charge in [-0.1, -0.05) is 0 Å². The first-order chi connectivity index (χ1) is 9.65. The van der Waals surface area contributed by atoms with Crippen molar-refractivity contribution in [2.75, 3.05) is 19.5 Å². The van der Waals surface area contributed by atoms with Crippen molar-refractivity contribution in [1.29, 1.82) is 0 Å². The zero-order chi connectivity index (χ0) is 14.5. The molecule has 0 aliphatic carbocycles. The maximum atomic E-state index is 12.1. The molecule has 0 radical (unpaired) electrons. The van der Waals surface area contributed by atoms with Gasteiger partial charge in [0.05, 0.1) is 14.2 Å². The molecule has 0 spiro atoms. The zero-order valence-electron chi connectivity index (χ0n) is 11.5. The summed E-state index contributed by atoms with van der Waals surface area (Å²) in [7, 11) is 3.10. The molecular formula is C13H16N4O3. The Kier molecular flexibility index (Phi) is 4.19. The Morgan fingerprint density at radius 1 is 1.30 bits per heavy atom. The predicted molar refractivity (Wildman–Crippen MR) is 72.9 cm³/mol. The van der Waals surface area contributed by atoms with Crippen LogP contribution < -0.4 is 14.8 Å². The summed E-state index contributed by atoms with van der Waals surface area (Å²) in [5.41, 5.74) is 0.625. The Bertz CT molecular complexity index is 583. The fraction of sp³-hybridized carbons (Fsp3) is 0.308. The Labute approximate surface area is 116 Å². The second kappa shape index (κ2) is 6.05. The lowest BCUT2D eigenvalue weighted by Gasteiger charge is -2.13. The second-order valence-corrected chi connectivity index (χ2v) is 4.11. The number of hydrogen-bond acceptors (Lipinski definition) is 5. The maximum absolute atomic E-state index is 12.1. The first-order valence-corrected chi connectivity index (χ1v) is 6.02. The van der Waals surface area contributed by atoms with Gasteiger partial charge < -0.3 is 14.8 Å². The van der Waals surface area contributed by atoms with Gasteiger partial charge >= 0.3 is 0 Å². The lowest BCUT2D eigenvalue weighted by atomic mass is 10.2. The number of rotatable bonds is 5. The number of carbonyl (C=O) groups is 1. The van der Waals surface area contributed by atoms with Crippen molar-refractivity contribution >= 4 is 11.6 Å². The number of carbonyl (C=O) groups excluding carboxylic acids is 1. The number of aromatic nitrogens is 3. The number of nitrogens with zero attached hydrogens (tertiary/aromatic N) is 3. The molecule has 2 rings (SSSR count). The standard InChI is InChI=1S/C13H16N4O3/c1-9(17-8-14-7-15-17)13(18)16-10-4-5-11(19-2)12(6-10)20-3/h4-9H,1-3H3,(H,16,18). The van der Waals surface area contributed by atoms with Gasteiger partial charge in [0.25, 0.3) is 0 Å². The van der Waals surface area contributed by atoms with E-state index in [0.29, 0.717) is 17.2 Å². The molecule has 1 atom stereocenters. The van der Waals surface area contributed by atoms with Crippen LogP contribution in [0.1, 0.15) is 13.0 Å². The van der Waals surface area contributed by atoms with Crippen molar-refractivity contribution in [2.45, 2.75) is 13.0 Å². The van der Waals surface area contributed by atoms with E-state index in [1.165, 1.54) is 17.3 Å². The zero-order valence-corrected chi connectivity index (χ0v) is 11.5. The van der Waals surface area contributed by atoms with E-state index in [2.05, 4.69) is 15.4 Å². The first-order valence-electron chi connectivity index (χ1n) is 6.02. The van der Waals surface area contributed by atoms with Gasteiger partial charge in [-0.15, -0.1) is 0 Å². The molecule has 1 amide bonds. The Morgan fingerprint density at radius 2 is 2.05 bits per heavy atom. The highest BCUT2D eigenvalue weighted by atomic mass is 16.5. The Balaban J connectivity index is 2.11. The van der Waals surface area contributed by atoms with Crippen LogP contribution in [0.4, 0.5) is 5.69 Å². The van der Waals surface area contributed by atoms with Gasteiger partial charge in [-0.3, -0.25) is 4.79 Å². The van der Waals surface area contributed by atoms with Gasteiger partial charge in [0.15, 0.2) is 11.5 Å². The highest BCUT2D eigenvalue weighted by molar-refractivity contribution is 5.93. The summed E-state index contributed by atoms with van der Waals surface area (Å²) in [6, 6.07) is 4.72. The van der Waals surface area contributed by atoms with Crippen molar-refractivity contribution in [1.82, 2.24) is 14.8 Å². The lowest BCUT2D eigenvalue weighted by molar-refractivity contribution is -0.119.